The Morgan fingerprint density at radius 2 is 1.19 bits per heavy atom. The number of benzene rings is 3. The maximum absolute atomic E-state index is 14.3. The molecule has 2 heterocycles. The van der Waals surface area contributed by atoms with Crippen LogP contribution in [0.2, 0.25) is 0 Å². The lowest BCUT2D eigenvalue weighted by atomic mass is 9.63. The topological polar surface area (TPSA) is 127 Å². The number of ether oxygens (including phenoxy) is 2. The van der Waals surface area contributed by atoms with Crippen LogP contribution in [0.5, 0.6) is 11.5 Å². The number of aryl methyl sites for hydroxylation is 1. The molecule has 7 atom stereocenters. The summed E-state index contributed by atoms with van der Waals surface area (Å²) in [5, 5.41) is 23.3. The van der Waals surface area contributed by atoms with Crippen molar-refractivity contribution in [2.45, 2.75) is 33.6 Å². The third-order valence-corrected chi connectivity index (χ3v) is 10.9. The van der Waals surface area contributed by atoms with E-state index in [2.05, 4.69) is 0 Å². The van der Waals surface area contributed by atoms with Crippen molar-refractivity contribution in [1.29, 1.82) is 0 Å². The van der Waals surface area contributed by atoms with Gasteiger partial charge in [-0.1, -0.05) is 55.8 Å². The third kappa shape index (κ3) is 2.78. The van der Waals surface area contributed by atoms with Gasteiger partial charge in [0, 0.05) is 33.4 Å². The molecule has 9 bridgehead atoms. The summed E-state index contributed by atoms with van der Waals surface area (Å²) in [6.45, 7) is 5.82. The largest absolute Gasteiger partial charge is 0.478 e. The highest BCUT2D eigenvalue weighted by Crippen LogP contribution is 2.79. The molecular weight excluding hydrogens is 536 g/mol. The second-order valence-corrected chi connectivity index (χ2v) is 12.8. The van der Waals surface area contributed by atoms with Crippen LogP contribution < -0.4 is 9.47 Å². The van der Waals surface area contributed by atoms with Gasteiger partial charge in [0.05, 0.1) is 22.3 Å². The fraction of sp³-hybridized carbons (Fsp3) is 0.353. The van der Waals surface area contributed by atoms with E-state index in [9.17, 15) is 29.4 Å². The van der Waals surface area contributed by atoms with E-state index >= 15 is 0 Å². The SMILES string of the molecule is Cc1ccc2c3c4ccccc4c(c2c1)OC(=O)C1=C(C(=O)O)C2C(C)CC1C21C2CC(C)C1C(C(=O)O)=C2C(=O)O3. The van der Waals surface area contributed by atoms with Gasteiger partial charge in [-0.2, -0.15) is 0 Å². The van der Waals surface area contributed by atoms with Gasteiger partial charge in [0.25, 0.3) is 0 Å². The number of carbonyl (C=O) groups excluding carboxylic acids is 2. The molecule has 8 heteroatoms. The van der Waals surface area contributed by atoms with Gasteiger partial charge in [0.2, 0.25) is 0 Å². The van der Waals surface area contributed by atoms with Crippen LogP contribution in [-0.4, -0.2) is 34.1 Å². The van der Waals surface area contributed by atoms with Crippen molar-refractivity contribution in [2.24, 2.45) is 40.9 Å². The first-order valence-corrected chi connectivity index (χ1v) is 14.4. The monoisotopic (exact) mass is 564 g/mol. The average Bonchev–Trinajstić information content (AvgIpc) is 3.61. The van der Waals surface area contributed by atoms with Crippen LogP contribution in [-0.2, 0) is 19.2 Å². The Labute approximate surface area is 240 Å². The van der Waals surface area contributed by atoms with E-state index in [1.807, 2.05) is 32.9 Å². The molecule has 7 unspecified atom stereocenters. The van der Waals surface area contributed by atoms with Crippen LogP contribution in [0.15, 0.2) is 64.8 Å². The molecule has 3 aromatic rings. The van der Waals surface area contributed by atoms with Gasteiger partial charge >= 0.3 is 23.9 Å². The van der Waals surface area contributed by atoms with Crippen molar-refractivity contribution in [3.05, 3.63) is 70.3 Å². The molecule has 0 radical (unpaired) electrons. The highest BCUT2D eigenvalue weighted by molar-refractivity contribution is 6.15. The number of carbonyl (C=O) groups is 4. The van der Waals surface area contributed by atoms with Gasteiger partial charge in [-0.05, 0) is 54.9 Å². The number of hydrogen-bond acceptors (Lipinski definition) is 6. The molecule has 0 saturated heterocycles. The average molecular weight is 565 g/mol. The lowest BCUT2D eigenvalue weighted by Gasteiger charge is -2.38. The maximum atomic E-state index is 14.3. The molecule has 6 aliphatic rings. The molecule has 2 fully saturated rings. The van der Waals surface area contributed by atoms with Crippen LogP contribution >= 0.6 is 0 Å². The molecule has 8 nitrogen and oxygen atoms in total. The summed E-state index contributed by atoms with van der Waals surface area (Å²) in [7, 11) is 0. The zero-order valence-corrected chi connectivity index (χ0v) is 23.3. The Kier molecular flexibility index (Phi) is 4.87. The van der Waals surface area contributed by atoms with Crippen LogP contribution in [0.3, 0.4) is 0 Å². The zero-order chi connectivity index (χ0) is 29.4. The minimum absolute atomic E-state index is 0.00495. The summed E-state index contributed by atoms with van der Waals surface area (Å²) >= 11 is 0. The molecule has 2 saturated carbocycles. The predicted octanol–water partition coefficient (Wildman–Crippen LogP) is 5.45. The molecule has 9 rings (SSSR count). The molecule has 2 N–H and O–H groups in total. The second kappa shape index (κ2) is 8.09. The van der Waals surface area contributed by atoms with Crippen molar-refractivity contribution >= 4 is 45.4 Å². The van der Waals surface area contributed by atoms with E-state index in [0.29, 0.717) is 34.4 Å². The summed E-state index contributed by atoms with van der Waals surface area (Å²) in [5.74, 6) is -5.84. The van der Waals surface area contributed by atoms with Gasteiger partial charge in [-0.3, -0.25) is 0 Å². The quantitative estimate of drug-likeness (QED) is 0.239. The number of carboxylic acid groups (broad SMARTS) is 2. The first-order valence-electron chi connectivity index (χ1n) is 14.4. The van der Waals surface area contributed by atoms with Crippen molar-refractivity contribution in [1.82, 2.24) is 0 Å². The fourth-order valence-electron chi connectivity index (χ4n) is 9.96. The predicted molar refractivity (Wildman–Crippen MR) is 151 cm³/mol. The molecule has 1 spiro atoms. The minimum Gasteiger partial charge on any atom is -0.478 e. The van der Waals surface area contributed by atoms with Crippen LogP contribution in [0.4, 0.5) is 0 Å². The number of hydrogen-bond donors (Lipinski definition) is 2. The summed E-state index contributed by atoms with van der Waals surface area (Å²) < 4.78 is 12.5. The standard InChI is InChI=1S/C34H28O8/c1-13-8-9-18-19(10-13)29-17-7-5-4-6-16(17)28(18)41-32(39)22-20-11-14(2)26(24(22)30(35)36)34(20)21-12-15(3)27(34)25(31(37)38)23(21)33(40)42-29/h4-10,14-15,20-21,26-27H,11-12H2,1-3H3,(H,35,36)(H,37,38). The van der Waals surface area contributed by atoms with Crippen molar-refractivity contribution in [2.75, 3.05) is 0 Å². The number of carboxylic acids is 2. The van der Waals surface area contributed by atoms with Gasteiger partial charge in [-0.15, -0.1) is 0 Å². The normalized spacial score (nSPS) is 32.7. The highest BCUT2D eigenvalue weighted by Gasteiger charge is 2.77. The smallest absolute Gasteiger partial charge is 0.340 e. The molecule has 3 aromatic carbocycles. The number of aliphatic carboxylic acids is 2. The van der Waals surface area contributed by atoms with Gasteiger partial charge in [0.15, 0.2) is 0 Å². The minimum atomic E-state index is -1.20. The van der Waals surface area contributed by atoms with Crippen LogP contribution in [0.1, 0.15) is 32.3 Å². The summed E-state index contributed by atoms with van der Waals surface area (Å²) in [6.07, 6.45) is 1.03. The lowest BCUT2D eigenvalue weighted by molar-refractivity contribution is -0.135. The summed E-state index contributed by atoms with van der Waals surface area (Å²) in [4.78, 5) is 54.6. The van der Waals surface area contributed by atoms with Crippen LogP contribution in [0, 0.1) is 47.8 Å². The van der Waals surface area contributed by atoms with Gasteiger partial charge < -0.3 is 19.7 Å². The summed E-state index contributed by atoms with van der Waals surface area (Å²) in [6, 6.07) is 12.6. The fourth-order valence-corrected chi connectivity index (χ4v) is 9.96. The molecule has 0 amide bonds. The Bertz CT molecular complexity index is 1910. The first kappa shape index (κ1) is 25.3. The van der Waals surface area contributed by atoms with E-state index in [1.165, 1.54) is 0 Å². The molecule has 2 aliphatic heterocycles. The van der Waals surface area contributed by atoms with E-state index in [1.54, 1.807) is 30.3 Å². The van der Waals surface area contributed by atoms with Gasteiger partial charge in [0.1, 0.15) is 11.5 Å². The molecule has 212 valence electrons. The highest BCUT2D eigenvalue weighted by atomic mass is 16.5. The van der Waals surface area contributed by atoms with Crippen molar-refractivity contribution < 1.29 is 38.9 Å². The van der Waals surface area contributed by atoms with Crippen molar-refractivity contribution in [3.63, 3.8) is 0 Å². The van der Waals surface area contributed by atoms with E-state index < -0.39 is 53.0 Å². The lowest BCUT2D eigenvalue weighted by Crippen LogP contribution is -2.39. The van der Waals surface area contributed by atoms with E-state index in [-0.39, 0.29) is 45.6 Å². The number of fused-ring (bicyclic) bond motifs is 2. The number of esters is 2. The molecule has 42 heavy (non-hydrogen) atoms. The molecule has 0 aromatic heterocycles. The Hall–Kier alpha value is -4.46. The van der Waals surface area contributed by atoms with E-state index in [0.717, 1.165) is 5.56 Å². The Balaban J connectivity index is 1.51. The van der Waals surface area contributed by atoms with Gasteiger partial charge in [-0.25, -0.2) is 19.2 Å². The maximum Gasteiger partial charge on any atom is 0.340 e. The number of rotatable bonds is 2. The second-order valence-electron chi connectivity index (χ2n) is 12.8. The first-order chi connectivity index (χ1) is 20.1. The van der Waals surface area contributed by atoms with Crippen molar-refractivity contribution in [3.8, 4) is 11.5 Å². The zero-order valence-electron chi connectivity index (χ0n) is 23.3. The Morgan fingerprint density at radius 1 is 0.738 bits per heavy atom. The van der Waals surface area contributed by atoms with Crippen LogP contribution in [0.25, 0.3) is 21.5 Å². The van der Waals surface area contributed by atoms with E-state index in [4.69, 9.17) is 9.47 Å². The molecule has 4 aliphatic carbocycles. The Morgan fingerprint density at radius 3 is 1.67 bits per heavy atom. The summed E-state index contributed by atoms with van der Waals surface area (Å²) in [5.41, 5.74) is 0.206. The third-order valence-electron chi connectivity index (χ3n) is 10.9. The molecular formula is C34H28O8.